The van der Waals surface area contributed by atoms with Crippen LogP contribution in [0.5, 0.6) is 0 Å². The molecule has 0 aromatic carbocycles. The Balaban J connectivity index is 2.50. The zero-order valence-electron chi connectivity index (χ0n) is 11.5. The van der Waals surface area contributed by atoms with Crippen LogP contribution in [0.2, 0.25) is 0 Å². The molecule has 0 aromatic heterocycles. The molecule has 0 aromatic rings. The van der Waals surface area contributed by atoms with Gasteiger partial charge in [-0.05, 0) is 32.6 Å². The van der Waals surface area contributed by atoms with Gasteiger partial charge in [-0.3, -0.25) is 4.79 Å². The second kappa shape index (κ2) is 7.18. The van der Waals surface area contributed by atoms with Gasteiger partial charge in [0.25, 0.3) is 0 Å². The summed E-state index contributed by atoms with van der Waals surface area (Å²) in [5.41, 5.74) is 0. The van der Waals surface area contributed by atoms with Crippen LogP contribution in [0.25, 0.3) is 0 Å². The standard InChI is InChI=1S/C11H15BrF2O7S/c1-6(12)9(15)20-7-2-4-8(5-3-7)21-10(16)11(13,14)22(17,18)19/h6-8H,2-5H2,1H3,(H,17,18,19)/p-1. The molecule has 0 bridgehead atoms. The molecule has 0 spiro atoms. The lowest BCUT2D eigenvalue weighted by molar-refractivity contribution is -0.171. The zero-order chi connectivity index (χ0) is 17.1. The maximum absolute atomic E-state index is 13.0. The Labute approximate surface area is 134 Å². The third-order valence-corrected chi connectivity index (χ3v) is 4.22. The van der Waals surface area contributed by atoms with Crippen LogP contribution in [-0.2, 0) is 29.2 Å². The molecule has 22 heavy (non-hydrogen) atoms. The van der Waals surface area contributed by atoms with E-state index in [1.54, 1.807) is 6.92 Å². The van der Waals surface area contributed by atoms with Crippen molar-refractivity contribution in [2.45, 2.75) is 54.9 Å². The van der Waals surface area contributed by atoms with Gasteiger partial charge in [0.15, 0.2) is 10.1 Å². The minimum atomic E-state index is -6.12. The zero-order valence-corrected chi connectivity index (χ0v) is 13.9. The highest BCUT2D eigenvalue weighted by Crippen LogP contribution is 2.28. The largest absolute Gasteiger partial charge is 0.743 e. The minimum Gasteiger partial charge on any atom is -0.743 e. The fourth-order valence-corrected chi connectivity index (χ4v) is 2.21. The number of rotatable bonds is 5. The van der Waals surface area contributed by atoms with E-state index in [0.29, 0.717) is 0 Å². The summed E-state index contributed by atoms with van der Waals surface area (Å²) in [6, 6.07) is 0. The monoisotopic (exact) mass is 407 g/mol. The average Bonchev–Trinajstić information content (AvgIpc) is 2.39. The van der Waals surface area contributed by atoms with E-state index >= 15 is 0 Å². The Bertz CT molecular complexity index is 527. The van der Waals surface area contributed by atoms with Gasteiger partial charge < -0.3 is 14.0 Å². The topological polar surface area (TPSA) is 110 Å². The van der Waals surface area contributed by atoms with Crippen LogP contribution in [0.3, 0.4) is 0 Å². The molecular weight excluding hydrogens is 394 g/mol. The van der Waals surface area contributed by atoms with Gasteiger partial charge in [0.2, 0.25) is 0 Å². The first kappa shape index (κ1) is 19.2. The van der Waals surface area contributed by atoms with Crippen LogP contribution in [0.4, 0.5) is 8.78 Å². The predicted octanol–water partition coefficient (Wildman–Crippen LogP) is 1.31. The predicted molar refractivity (Wildman–Crippen MR) is 71.3 cm³/mol. The van der Waals surface area contributed by atoms with Crippen molar-refractivity contribution in [2.75, 3.05) is 0 Å². The Morgan fingerprint density at radius 1 is 1.18 bits per heavy atom. The van der Waals surface area contributed by atoms with E-state index in [1.807, 2.05) is 0 Å². The number of hydrogen-bond donors (Lipinski definition) is 0. The van der Waals surface area contributed by atoms with Crippen LogP contribution in [0.15, 0.2) is 0 Å². The molecule has 1 saturated carbocycles. The molecule has 1 rings (SSSR count). The Kier molecular flexibility index (Phi) is 6.27. The first-order valence-corrected chi connectivity index (χ1v) is 8.66. The molecular formula is C11H14BrF2O7S-. The summed E-state index contributed by atoms with van der Waals surface area (Å²) in [7, 11) is -6.12. The third-order valence-electron chi connectivity index (χ3n) is 3.05. The molecule has 1 unspecified atom stereocenters. The molecule has 0 amide bonds. The number of alkyl halides is 3. The highest BCUT2D eigenvalue weighted by molar-refractivity contribution is 9.10. The number of ether oxygens (including phenoxy) is 2. The normalized spacial score (nSPS) is 24.4. The molecule has 1 fully saturated rings. The maximum atomic E-state index is 13.0. The van der Waals surface area contributed by atoms with Crippen molar-refractivity contribution in [2.24, 2.45) is 0 Å². The summed E-state index contributed by atoms with van der Waals surface area (Å²) in [6.45, 7) is 1.58. The fourth-order valence-electron chi connectivity index (χ4n) is 1.85. The van der Waals surface area contributed by atoms with E-state index in [1.165, 1.54) is 0 Å². The highest BCUT2D eigenvalue weighted by Gasteiger charge is 2.49. The van der Waals surface area contributed by atoms with Crippen molar-refractivity contribution >= 4 is 38.0 Å². The van der Waals surface area contributed by atoms with E-state index < -0.39 is 44.3 Å². The summed E-state index contributed by atoms with van der Waals surface area (Å²) >= 11 is 3.04. The van der Waals surface area contributed by atoms with Gasteiger partial charge in [0.1, 0.15) is 17.0 Å². The van der Waals surface area contributed by atoms with Gasteiger partial charge in [-0.1, -0.05) is 15.9 Å². The molecule has 128 valence electrons. The number of esters is 2. The van der Waals surface area contributed by atoms with Gasteiger partial charge >= 0.3 is 17.2 Å². The smallest absolute Gasteiger partial charge is 0.428 e. The van der Waals surface area contributed by atoms with Gasteiger partial charge in [-0.15, -0.1) is 0 Å². The van der Waals surface area contributed by atoms with Crippen LogP contribution in [0, 0.1) is 0 Å². The van der Waals surface area contributed by atoms with E-state index in [2.05, 4.69) is 20.7 Å². The average molecular weight is 408 g/mol. The molecule has 1 atom stereocenters. The Morgan fingerprint density at radius 3 is 1.95 bits per heavy atom. The van der Waals surface area contributed by atoms with Crippen LogP contribution >= 0.6 is 15.9 Å². The molecule has 0 N–H and O–H groups in total. The minimum absolute atomic E-state index is 0.120. The molecule has 0 radical (unpaired) electrons. The van der Waals surface area contributed by atoms with Crippen molar-refractivity contribution in [1.29, 1.82) is 0 Å². The summed E-state index contributed by atoms with van der Waals surface area (Å²) < 4.78 is 66.3. The second-order valence-electron chi connectivity index (χ2n) is 4.83. The number of carbonyl (C=O) groups excluding carboxylic acids is 2. The van der Waals surface area contributed by atoms with Gasteiger partial charge in [0.05, 0.1) is 0 Å². The summed E-state index contributed by atoms with van der Waals surface area (Å²) in [4.78, 5) is 22.0. The Hall–Kier alpha value is -0.810. The number of halogens is 3. The quantitative estimate of drug-likeness (QED) is 0.383. The van der Waals surface area contributed by atoms with Crippen molar-refractivity contribution in [3.63, 3.8) is 0 Å². The van der Waals surface area contributed by atoms with Crippen molar-refractivity contribution in [3.8, 4) is 0 Å². The van der Waals surface area contributed by atoms with Gasteiger partial charge in [0, 0.05) is 0 Å². The summed E-state index contributed by atoms with van der Waals surface area (Å²) in [5, 5.41) is -5.11. The van der Waals surface area contributed by atoms with Crippen LogP contribution in [-0.4, -0.2) is 47.2 Å². The van der Waals surface area contributed by atoms with E-state index in [4.69, 9.17) is 4.74 Å². The molecule has 1 aliphatic carbocycles. The first-order valence-electron chi connectivity index (χ1n) is 6.34. The molecule has 0 heterocycles. The highest BCUT2D eigenvalue weighted by atomic mass is 79.9. The lowest BCUT2D eigenvalue weighted by atomic mass is 9.95. The summed E-state index contributed by atoms with van der Waals surface area (Å²) in [5.74, 6) is -2.85. The Morgan fingerprint density at radius 2 is 1.59 bits per heavy atom. The number of carbonyl (C=O) groups is 2. The maximum Gasteiger partial charge on any atom is 0.428 e. The van der Waals surface area contributed by atoms with Crippen LogP contribution in [0.1, 0.15) is 32.6 Å². The SMILES string of the molecule is CC(Br)C(=O)OC1CCC(OC(=O)C(F)(F)S(=O)(=O)[O-])CC1. The number of hydrogen-bond acceptors (Lipinski definition) is 7. The molecule has 11 heteroatoms. The first-order chi connectivity index (χ1) is 9.95. The fraction of sp³-hybridized carbons (Fsp3) is 0.818. The molecule has 0 saturated heterocycles. The molecule has 0 aliphatic heterocycles. The van der Waals surface area contributed by atoms with E-state index in [0.717, 1.165) is 0 Å². The van der Waals surface area contributed by atoms with Crippen molar-refractivity contribution < 1.29 is 40.8 Å². The molecule has 1 aliphatic rings. The van der Waals surface area contributed by atoms with Crippen molar-refractivity contribution in [3.05, 3.63) is 0 Å². The third kappa shape index (κ3) is 4.85. The van der Waals surface area contributed by atoms with Gasteiger partial charge in [-0.2, -0.15) is 8.78 Å². The van der Waals surface area contributed by atoms with Crippen LogP contribution < -0.4 is 0 Å². The van der Waals surface area contributed by atoms with Crippen molar-refractivity contribution in [1.82, 2.24) is 0 Å². The summed E-state index contributed by atoms with van der Waals surface area (Å²) in [6.07, 6.45) is -0.578. The van der Waals surface area contributed by atoms with E-state index in [-0.39, 0.29) is 25.7 Å². The van der Waals surface area contributed by atoms with Gasteiger partial charge in [-0.25, -0.2) is 13.2 Å². The molecule has 7 nitrogen and oxygen atoms in total. The lowest BCUT2D eigenvalue weighted by Crippen LogP contribution is -2.42. The van der Waals surface area contributed by atoms with E-state index in [9.17, 15) is 31.3 Å². The second-order valence-corrected chi connectivity index (χ2v) is 7.62. The lowest BCUT2D eigenvalue weighted by Gasteiger charge is -2.29.